The number of nitrogens with zero attached hydrogens (tertiary/aromatic N) is 6. The van der Waals surface area contributed by atoms with Crippen molar-refractivity contribution in [2.45, 2.75) is 51.6 Å². The maximum absolute atomic E-state index is 13.0. The quantitative estimate of drug-likeness (QED) is 0.436. The Labute approximate surface area is 235 Å². The number of hydrogen-bond acceptors (Lipinski definition) is 6. The van der Waals surface area contributed by atoms with Crippen molar-refractivity contribution in [2.75, 3.05) is 37.6 Å². The molecule has 39 heavy (non-hydrogen) atoms. The number of halogens is 1. The zero-order valence-electron chi connectivity index (χ0n) is 22.7. The number of hydrogen-bond donors (Lipinski definition) is 0. The summed E-state index contributed by atoms with van der Waals surface area (Å²) in [7, 11) is 0. The number of rotatable bonds is 5. The number of piperidine rings is 1. The minimum atomic E-state index is 0.104. The van der Waals surface area contributed by atoms with E-state index in [1.165, 1.54) is 5.56 Å². The first-order chi connectivity index (χ1) is 19.0. The average Bonchev–Trinajstić information content (AvgIpc) is 3.41. The molecule has 7 nitrogen and oxygen atoms in total. The molecular formula is C31H35ClN6O. The lowest BCUT2D eigenvalue weighted by atomic mass is 9.97. The molecule has 0 aliphatic carbocycles. The summed E-state index contributed by atoms with van der Waals surface area (Å²) < 4.78 is 0. The van der Waals surface area contributed by atoms with Crippen molar-refractivity contribution in [1.82, 2.24) is 19.8 Å². The maximum Gasteiger partial charge on any atom is 0.253 e. The molecule has 1 aromatic heterocycles. The second-order valence-corrected chi connectivity index (χ2v) is 11.2. The van der Waals surface area contributed by atoms with Gasteiger partial charge in [0.05, 0.1) is 23.3 Å². The molecule has 0 N–H and O–H groups in total. The first-order valence-electron chi connectivity index (χ1n) is 14.0. The number of aromatic nitrogens is 2. The molecule has 2 saturated heterocycles. The van der Waals surface area contributed by atoms with Crippen molar-refractivity contribution < 1.29 is 4.79 Å². The van der Waals surface area contributed by atoms with Crippen LogP contribution in [-0.2, 0) is 6.42 Å². The minimum absolute atomic E-state index is 0.104. The topological polar surface area (TPSA) is 64.9 Å². The molecule has 2 fully saturated rings. The Hall–Kier alpha value is -3.29. The first kappa shape index (κ1) is 26.0. The largest absolute Gasteiger partial charge is 0.352 e. The van der Waals surface area contributed by atoms with Crippen LogP contribution in [0.25, 0.3) is 0 Å². The molecule has 0 radical (unpaired) electrons. The van der Waals surface area contributed by atoms with Crippen LogP contribution in [0.3, 0.4) is 0 Å². The van der Waals surface area contributed by atoms with Crippen LogP contribution < -0.4 is 4.90 Å². The maximum atomic E-state index is 13.0. The lowest BCUT2D eigenvalue weighted by Crippen LogP contribution is -2.59. The number of para-hydroxylation sites is 1. The number of fused-ring (bicyclic) bond motifs is 1. The van der Waals surface area contributed by atoms with Crippen molar-refractivity contribution in [1.29, 1.82) is 0 Å². The smallest absolute Gasteiger partial charge is 0.253 e. The summed E-state index contributed by atoms with van der Waals surface area (Å²) in [6, 6.07) is 16.4. The first-order valence-corrected chi connectivity index (χ1v) is 14.4. The second kappa shape index (κ2) is 11.1. The van der Waals surface area contributed by atoms with Crippen molar-refractivity contribution >= 4 is 34.7 Å². The highest BCUT2D eigenvalue weighted by atomic mass is 35.5. The Morgan fingerprint density at radius 3 is 2.51 bits per heavy atom. The Morgan fingerprint density at radius 1 is 1.03 bits per heavy atom. The number of amides is 1. The van der Waals surface area contributed by atoms with Crippen molar-refractivity contribution in [3.05, 3.63) is 82.3 Å². The molecule has 3 aliphatic rings. The van der Waals surface area contributed by atoms with Crippen LogP contribution in [0.1, 0.15) is 53.5 Å². The molecule has 3 aliphatic heterocycles. The summed E-state index contributed by atoms with van der Waals surface area (Å²) in [6.07, 6.45) is 5.81. The molecule has 1 atom stereocenters. The number of anilines is 1. The van der Waals surface area contributed by atoms with Crippen LogP contribution in [0.5, 0.6) is 0 Å². The van der Waals surface area contributed by atoms with Crippen LogP contribution in [0, 0.1) is 6.92 Å². The van der Waals surface area contributed by atoms with Gasteiger partial charge >= 0.3 is 0 Å². The van der Waals surface area contributed by atoms with Gasteiger partial charge in [-0.15, -0.1) is 0 Å². The van der Waals surface area contributed by atoms with E-state index in [1.807, 2.05) is 29.3 Å². The van der Waals surface area contributed by atoms with Crippen molar-refractivity contribution in [2.24, 2.45) is 4.99 Å². The van der Waals surface area contributed by atoms with E-state index in [2.05, 4.69) is 41.8 Å². The predicted octanol–water partition coefficient (Wildman–Crippen LogP) is 5.32. The van der Waals surface area contributed by atoms with E-state index in [1.54, 1.807) is 12.1 Å². The summed E-state index contributed by atoms with van der Waals surface area (Å²) in [5.74, 6) is 1.09. The van der Waals surface area contributed by atoms with Crippen LogP contribution in [0.4, 0.5) is 11.5 Å². The Balaban J connectivity index is 1.08. The third kappa shape index (κ3) is 5.30. The van der Waals surface area contributed by atoms with Crippen molar-refractivity contribution in [3.8, 4) is 0 Å². The van der Waals surface area contributed by atoms with E-state index in [0.717, 1.165) is 87.0 Å². The lowest BCUT2D eigenvalue weighted by Gasteiger charge is -2.47. The Kier molecular flexibility index (Phi) is 7.36. The number of carbonyl (C=O) groups is 1. The zero-order valence-corrected chi connectivity index (χ0v) is 23.4. The summed E-state index contributed by atoms with van der Waals surface area (Å²) in [5, 5.41) is 0.654. The zero-order chi connectivity index (χ0) is 26.9. The summed E-state index contributed by atoms with van der Waals surface area (Å²) in [5.41, 5.74) is 5.83. The molecule has 2 aromatic carbocycles. The molecule has 6 rings (SSSR count). The highest BCUT2D eigenvalue weighted by Crippen LogP contribution is 2.30. The van der Waals surface area contributed by atoms with Gasteiger partial charge < -0.3 is 9.80 Å². The van der Waals surface area contributed by atoms with Gasteiger partial charge in [-0.1, -0.05) is 36.7 Å². The molecule has 0 saturated carbocycles. The summed E-state index contributed by atoms with van der Waals surface area (Å²) in [6.45, 7) is 8.81. The number of benzene rings is 2. The van der Waals surface area contributed by atoms with E-state index in [4.69, 9.17) is 26.6 Å². The van der Waals surface area contributed by atoms with Gasteiger partial charge in [0.25, 0.3) is 5.91 Å². The van der Waals surface area contributed by atoms with Gasteiger partial charge in [0.15, 0.2) is 0 Å². The predicted molar refractivity (Wildman–Crippen MR) is 156 cm³/mol. The van der Waals surface area contributed by atoms with Gasteiger partial charge in [0.2, 0.25) is 0 Å². The Morgan fingerprint density at radius 2 is 1.79 bits per heavy atom. The SMILES string of the molecule is CC[C@H]1CN(c2ncc(C3=Nc4ccccc4C3)nc2C)CCN1C1CCN(C(=O)c2ccc(Cl)cc2)CC1. The normalized spacial score (nSPS) is 20.2. The van der Waals surface area contributed by atoms with E-state index in [9.17, 15) is 4.79 Å². The molecule has 0 bridgehead atoms. The number of piperazine rings is 1. The van der Waals surface area contributed by atoms with Gasteiger partial charge in [-0.25, -0.2) is 9.97 Å². The molecule has 202 valence electrons. The molecule has 8 heteroatoms. The number of aliphatic imine (C=N–C) groups is 1. The molecular weight excluding hydrogens is 508 g/mol. The Bertz CT molecular complexity index is 1380. The van der Waals surface area contributed by atoms with Crippen LogP contribution >= 0.6 is 11.6 Å². The third-order valence-corrected chi connectivity index (χ3v) is 8.68. The van der Waals surface area contributed by atoms with E-state index in [0.29, 0.717) is 22.7 Å². The minimum Gasteiger partial charge on any atom is -0.352 e. The lowest BCUT2D eigenvalue weighted by molar-refractivity contribution is 0.0490. The van der Waals surface area contributed by atoms with Crippen LogP contribution in [0.2, 0.25) is 5.02 Å². The second-order valence-electron chi connectivity index (χ2n) is 10.8. The highest BCUT2D eigenvalue weighted by Gasteiger charge is 2.35. The third-order valence-electron chi connectivity index (χ3n) is 8.43. The fourth-order valence-corrected chi connectivity index (χ4v) is 6.41. The van der Waals surface area contributed by atoms with Gasteiger partial charge in [-0.3, -0.25) is 14.7 Å². The van der Waals surface area contributed by atoms with Crippen molar-refractivity contribution in [3.63, 3.8) is 0 Å². The molecule has 4 heterocycles. The van der Waals surface area contributed by atoms with E-state index in [-0.39, 0.29) is 5.91 Å². The highest BCUT2D eigenvalue weighted by molar-refractivity contribution is 6.30. The summed E-state index contributed by atoms with van der Waals surface area (Å²) >= 11 is 6.00. The van der Waals surface area contributed by atoms with Gasteiger partial charge in [0.1, 0.15) is 11.5 Å². The fourth-order valence-electron chi connectivity index (χ4n) is 6.29. The number of carbonyl (C=O) groups excluding carboxylic acids is 1. The number of likely N-dealkylation sites (tertiary alicyclic amines) is 1. The standard InChI is InChI=1S/C31H35ClN6O/c1-3-25-20-37(30-21(2)34-29(19-33-30)28-18-23-6-4-5-7-27(23)35-28)16-17-38(25)26-12-14-36(15-13-26)31(39)22-8-10-24(32)11-9-22/h4-11,19,25-26H,3,12-18,20H2,1-2H3/t25-/m0/s1. The average molecular weight is 543 g/mol. The number of aryl methyl sites for hydroxylation is 1. The van der Waals surface area contributed by atoms with Crippen LogP contribution in [-0.4, -0.2) is 76.2 Å². The monoisotopic (exact) mass is 542 g/mol. The van der Waals surface area contributed by atoms with Crippen LogP contribution in [0.15, 0.2) is 59.7 Å². The van der Waals surface area contributed by atoms with Gasteiger partial charge in [-0.2, -0.15) is 0 Å². The molecule has 0 spiro atoms. The molecule has 0 unspecified atom stereocenters. The molecule has 3 aromatic rings. The molecule has 1 amide bonds. The summed E-state index contributed by atoms with van der Waals surface area (Å²) in [4.78, 5) is 34.6. The van der Waals surface area contributed by atoms with Gasteiger partial charge in [0, 0.05) is 61.8 Å². The van der Waals surface area contributed by atoms with Gasteiger partial charge in [-0.05, 0) is 62.1 Å². The van der Waals surface area contributed by atoms with E-state index >= 15 is 0 Å². The fraction of sp³-hybridized carbons (Fsp3) is 0.419. The van der Waals surface area contributed by atoms with E-state index < -0.39 is 0 Å².